The quantitative estimate of drug-likeness (QED) is 0.555. The van der Waals surface area contributed by atoms with Crippen molar-refractivity contribution >= 4 is 11.6 Å². The van der Waals surface area contributed by atoms with Crippen LogP contribution in [0.5, 0.6) is 0 Å². The van der Waals surface area contributed by atoms with Gasteiger partial charge in [0.15, 0.2) is 0 Å². The van der Waals surface area contributed by atoms with Crippen LogP contribution in [0.25, 0.3) is 0 Å². The average molecular weight is 263 g/mol. The summed E-state index contributed by atoms with van der Waals surface area (Å²) >= 11 is 5.96. The molecule has 0 aromatic heterocycles. The third kappa shape index (κ3) is 6.66. The number of benzene rings is 1. The normalized spacial score (nSPS) is 11.4. The van der Waals surface area contributed by atoms with Crippen LogP contribution >= 0.6 is 11.6 Å². The van der Waals surface area contributed by atoms with Gasteiger partial charge in [-0.3, -0.25) is 0 Å². The molecule has 0 saturated heterocycles. The Hall–Kier alpha value is -1.01. The topological polar surface area (TPSA) is 0 Å². The van der Waals surface area contributed by atoms with Crippen molar-refractivity contribution in [2.75, 3.05) is 0 Å². The Morgan fingerprint density at radius 2 is 1.89 bits per heavy atom. The van der Waals surface area contributed by atoms with E-state index >= 15 is 0 Å². The Kier molecular flexibility index (Phi) is 6.82. The van der Waals surface area contributed by atoms with Crippen molar-refractivity contribution in [2.24, 2.45) is 0 Å². The fourth-order valence-corrected chi connectivity index (χ4v) is 2.08. The van der Waals surface area contributed by atoms with Gasteiger partial charge in [-0.05, 0) is 64.2 Å². The first-order valence-corrected chi connectivity index (χ1v) is 6.99. The molecular formula is C17H23Cl. The third-order valence-electron chi connectivity index (χ3n) is 2.91. The van der Waals surface area contributed by atoms with Crippen molar-refractivity contribution in [1.29, 1.82) is 0 Å². The molecule has 0 atom stereocenters. The van der Waals surface area contributed by atoms with Crippen molar-refractivity contribution in [1.82, 2.24) is 0 Å². The summed E-state index contributed by atoms with van der Waals surface area (Å²) in [6.07, 6.45) is 9.14. The minimum Gasteiger partial charge on any atom is -0.0856 e. The van der Waals surface area contributed by atoms with E-state index in [9.17, 15) is 0 Å². The lowest BCUT2D eigenvalue weighted by Gasteiger charge is -2.01. The summed E-state index contributed by atoms with van der Waals surface area (Å²) in [4.78, 5) is 0. The fourth-order valence-electron chi connectivity index (χ4n) is 1.87. The minimum atomic E-state index is 0.830. The van der Waals surface area contributed by atoms with E-state index in [0.29, 0.717) is 0 Å². The fraction of sp³-hybridized carbons (Fsp3) is 0.412. The summed E-state index contributed by atoms with van der Waals surface area (Å²) in [6.45, 7) is 6.52. The van der Waals surface area contributed by atoms with Gasteiger partial charge >= 0.3 is 0 Å². The van der Waals surface area contributed by atoms with Gasteiger partial charge in [0.25, 0.3) is 0 Å². The molecule has 1 aromatic rings. The summed E-state index contributed by atoms with van der Waals surface area (Å²) in [7, 11) is 0. The van der Waals surface area contributed by atoms with Crippen LogP contribution in [0.4, 0.5) is 0 Å². The summed E-state index contributed by atoms with van der Waals surface area (Å²) < 4.78 is 0. The molecule has 0 aliphatic rings. The molecule has 0 nitrogen and oxygen atoms in total. The van der Waals surface area contributed by atoms with E-state index in [1.54, 1.807) is 0 Å². The van der Waals surface area contributed by atoms with Gasteiger partial charge in [-0.2, -0.15) is 0 Å². The lowest BCUT2D eigenvalue weighted by Crippen LogP contribution is -1.84. The molecule has 0 aliphatic heterocycles. The van der Waals surface area contributed by atoms with Crippen LogP contribution in [0, 0.1) is 0 Å². The molecule has 0 saturated carbocycles. The number of halogens is 1. The van der Waals surface area contributed by atoms with Crippen molar-refractivity contribution in [3.8, 4) is 0 Å². The van der Waals surface area contributed by atoms with Crippen molar-refractivity contribution in [3.05, 3.63) is 58.1 Å². The molecule has 0 aliphatic carbocycles. The second-order valence-electron chi connectivity index (χ2n) is 5.04. The van der Waals surface area contributed by atoms with E-state index in [4.69, 9.17) is 11.6 Å². The number of allylic oxidation sites excluding steroid dienone is 4. The van der Waals surface area contributed by atoms with Gasteiger partial charge in [-0.15, -0.1) is 0 Å². The Labute approximate surface area is 116 Å². The SMILES string of the molecule is CC(C)=CCCC(C)=CCCc1cccc(Cl)c1. The molecule has 1 heteroatoms. The van der Waals surface area contributed by atoms with Gasteiger partial charge in [-0.1, -0.05) is 47.0 Å². The van der Waals surface area contributed by atoms with Crippen LogP contribution in [0.1, 0.15) is 45.6 Å². The largest absolute Gasteiger partial charge is 0.0856 e. The number of rotatable bonds is 6. The predicted octanol–water partition coefficient (Wildman–Crippen LogP) is 5.97. The Bertz CT molecular complexity index is 423. The lowest BCUT2D eigenvalue weighted by atomic mass is 10.1. The zero-order valence-corrected chi connectivity index (χ0v) is 12.4. The van der Waals surface area contributed by atoms with Crippen LogP contribution in [-0.2, 0) is 6.42 Å². The molecule has 0 bridgehead atoms. The summed E-state index contributed by atoms with van der Waals surface area (Å²) in [6, 6.07) is 8.13. The summed E-state index contributed by atoms with van der Waals surface area (Å²) in [5, 5.41) is 0.830. The van der Waals surface area contributed by atoms with E-state index in [2.05, 4.69) is 39.0 Å². The highest BCUT2D eigenvalue weighted by Gasteiger charge is 1.94. The molecule has 0 N–H and O–H groups in total. The molecule has 1 aromatic carbocycles. The summed E-state index contributed by atoms with van der Waals surface area (Å²) in [5.74, 6) is 0. The standard InChI is InChI=1S/C17H23Cl/c1-14(2)7-4-8-15(3)9-5-10-16-11-6-12-17(18)13-16/h6-7,9,11-13H,4-5,8,10H2,1-3H3. The highest BCUT2D eigenvalue weighted by atomic mass is 35.5. The lowest BCUT2D eigenvalue weighted by molar-refractivity contribution is 0.926. The first-order valence-electron chi connectivity index (χ1n) is 6.61. The van der Waals surface area contributed by atoms with Crippen molar-refractivity contribution in [2.45, 2.75) is 46.5 Å². The molecule has 0 heterocycles. The van der Waals surface area contributed by atoms with Gasteiger partial charge in [0.05, 0.1) is 0 Å². The molecule has 0 unspecified atom stereocenters. The van der Waals surface area contributed by atoms with Crippen LogP contribution in [-0.4, -0.2) is 0 Å². The van der Waals surface area contributed by atoms with E-state index in [0.717, 1.165) is 24.3 Å². The minimum absolute atomic E-state index is 0.830. The maximum absolute atomic E-state index is 5.96. The zero-order valence-electron chi connectivity index (χ0n) is 11.7. The molecule has 1 rings (SSSR count). The monoisotopic (exact) mass is 262 g/mol. The number of aryl methyl sites for hydroxylation is 1. The molecule has 0 amide bonds. The van der Waals surface area contributed by atoms with Gasteiger partial charge in [-0.25, -0.2) is 0 Å². The smallest absolute Gasteiger partial charge is 0.0408 e. The predicted molar refractivity (Wildman–Crippen MR) is 82.2 cm³/mol. The van der Waals surface area contributed by atoms with Crippen LogP contribution < -0.4 is 0 Å². The maximum Gasteiger partial charge on any atom is 0.0408 e. The molecule has 0 spiro atoms. The highest BCUT2D eigenvalue weighted by molar-refractivity contribution is 6.30. The van der Waals surface area contributed by atoms with E-state index in [1.165, 1.54) is 23.1 Å². The average Bonchev–Trinajstić information content (AvgIpc) is 2.28. The first kappa shape index (κ1) is 15.0. The van der Waals surface area contributed by atoms with Crippen molar-refractivity contribution in [3.63, 3.8) is 0 Å². The summed E-state index contributed by atoms with van der Waals surface area (Å²) in [5.41, 5.74) is 4.20. The van der Waals surface area contributed by atoms with Crippen LogP contribution in [0.3, 0.4) is 0 Å². The third-order valence-corrected chi connectivity index (χ3v) is 3.14. The molecule has 18 heavy (non-hydrogen) atoms. The van der Waals surface area contributed by atoms with E-state index in [1.807, 2.05) is 18.2 Å². The van der Waals surface area contributed by atoms with E-state index < -0.39 is 0 Å². The van der Waals surface area contributed by atoms with Gasteiger partial charge in [0, 0.05) is 5.02 Å². The molecule has 0 radical (unpaired) electrons. The van der Waals surface area contributed by atoms with Crippen LogP contribution in [0.2, 0.25) is 5.02 Å². The molecule has 98 valence electrons. The van der Waals surface area contributed by atoms with Gasteiger partial charge < -0.3 is 0 Å². The Balaban J connectivity index is 2.33. The number of hydrogen-bond acceptors (Lipinski definition) is 0. The highest BCUT2D eigenvalue weighted by Crippen LogP contribution is 2.14. The van der Waals surface area contributed by atoms with Gasteiger partial charge in [0.2, 0.25) is 0 Å². The van der Waals surface area contributed by atoms with Crippen LogP contribution in [0.15, 0.2) is 47.6 Å². The van der Waals surface area contributed by atoms with Crippen molar-refractivity contribution < 1.29 is 0 Å². The Morgan fingerprint density at radius 1 is 1.11 bits per heavy atom. The number of hydrogen-bond donors (Lipinski definition) is 0. The maximum atomic E-state index is 5.96. The first-order chi connectivity index (χ1) is 8.58. The second-order valence-corrected chi connectivity index (χ2v) is 5.48. The second kappa shape index (κ2) is 8.16. The van der Waals surface area contributed by atoms with E-state index in [-0.39, 0.29) is 0 Å². The zero-order chi connectivity index (χ0) is 13.4. The molecule has 0 fully saturated rings. The van der Waals surface area contributed by atoms with Gasteiger partial charge in [0.1, 0.15) is 0 Å². The molecular weight excluding hydrogens is 240 g/mol. The Morgan fingerprint density at radius 3 is 2.56 bits per heavy atom.